The predicted molar refractivity (Wildman–Crippen MR) is 113 cm³/mol. The molecule has 0 saturated carbocycles. The van der Waals surface area contributed by atoms with Gasteiger partial charge in [0, 0.05) is 31.0 Å². The van der Waals surface area contributed by atoms with Gasteiger partial charge in [0.15, 0.2) is 5.69 Å². The minimum Gasteiger partial charge on any atom is -0.477 e. The molecule has 32 heavy (non-hydrogen) atoms. The van der Waals surface area contributed by atoms with E-state index in [0.29, 0.717) is 5.69 Å². The van der Waals surface area contributed by atoms with E-state index in [0.717, 1.165) is 0 Å². The highest BCUT2D eigenvalue weighted by atomic mass is 19.4. The SMILES string of the molecule is CC(C)C(=N)c1c(N2CCNC(C(F)(F)F)C2)cc(C(=O)O)nc1Nc1ccc(F)cc1. The number of nitrogens with one attached hydrogen (secondary N) is 3. The van der Waals surface area contributed by atoms with Crippen LogP contribution < -0.4 is 15.5 Å². The molecule has 3 rings (SSSR count). The van der Waals surface area contributed by atoms with E-state index < -0.39 is 30.5 Å². The molecule has 4 N–H and O–H groups in total. The summed E-state index contributed by atoms with van der Waals surface area (Å²) in [6.45, 7) is 3.26. The average molecular weight is 453 g/mol. The fraction of sp³-hybridized carbons (Fsp3) is 0.381. The summed E-state index contributed by atoms with van der Waals surface area (Å²) < 4.78 is 53.3. The van der Waals surface area contributed by atoms with Gasteiger partial charge in [-0.3, -0.25) is 0 Å². The Hall–Kier alpha value is -3.21. The zero-order valence-electron chi connectivity index (χ0n) is 17.4. The standard InChI is InChI=1S/C21H23F4N5O2/c1-11(2)18(26)17-15(30-8-7-27-16(10-30)21(23,24)25)9-14(20(31)32)29-19(17)28-13-5-3-12(22)4-6-13/h3-6,9,11,16,26-27H,7-8,10H2,1-2H3,(H,28,29)(H,31,32). The summed E-state index contributed by atoms with van der Waals surface area (Å²) in [5, 5.41) is 23.5. The number of aromatic nitrogens is 1. The molecular weight excluding hydrogens is 430 g/mol. The summed E-state index contributed by atoms with van der Waals surface area (Å²) in [5.74, 6) is -2.15. The van der Waals surface area contributed by atoms with Crippen molar-refractivity contribution < 1.29 is 27.5 Å². The third-order valence-corrected chi connectivity index (χ3v) is 5.08. The second-order valence-corrected chi connectivity index (χ2v) is 7.75. The number of aromatic carboxylic acids is 1. The maximum Gasteiger partial charge on any atom is 0.405 e. The van der Waals surface area contributed by atoms with Crippen LogP contribution in [0.15, 0.2) is 30.3 Å². The molecule has 0 spiro atoms. The van der Waals surface area contributed by atoms with Gasteiger partial charge in [-0.2, -0.15) is 13.2 Å². The number of rotatable bonds is 6. The van der Waals surface area contributed by atoms with Crippen molar-refractivity contribution >= 4 is 28.9 Å². The molecule has 1 aliphatic heterocycles. The van der Waals surface area contributed by atoms with Crippen LogP contribution in [0.5, 0.6) is 0 Å². The molecule has 1 fully saturated rings. The minimum atomic E-state index is -4.48. The highest BCUT2D eigenvalue weighted by molar-refractivity contribution is 6.09. The Kier molecular flexibility index (Phi) is 6.68. The van der Waals surface area contributed by atoms with Crippen molar-refractivity contribution in [2.24, 2.45) is 5.92 Å². The Morgan fingerprint density at radius 3 is 2.53 bits per heavy atom. The van der Waals surface area contributed by atoms with E-state index in [9.17, 15) is 27.5 Å². The highest BCUT2D eigenvalue weighted by Crippen LogP contribution is 2.34. The summed E-state index contributed by atoms with van der Waals surface area (Å²) in [6, 6.07) is 4.62. The van der Waals surface area contributed by atoms with Crippen molar-refractivity contribution in [1.29, 1.82) is 5.41 Å². The Balaban J connectivity index is 2.15. The van der Waals surface area contributed by atoms with Crippen molar-refractivity contribution in [2.75, 3.05) is 29.9 Å². The lowest BCUT2D eigenvalue weighted by Gasteiger charge is -2.37. The normalized spacial score (nSPS) is 16.8. The molecule has 7 nitrogen and oxygen atoms in total. The number of hydrogen-bond donors (Lipinski definition) is 4. The van der Waals surface area contributed by atoms with Crippen molar-refractivity contribution in [2.45, 2.75) is 26.1 Å². The fourth-order valence-corrected chi connectivity index (χ4v) is 3.39. The Morgan fingerprint density at radius 2 is 1.97 bits per heavy atom. The van der Waals surface area contributed by atoms with Gasteiger partial charge >= 0.3 is 12.1 Å². The quantitative estimate of drug-likeness (QED) is 0.389. The Morgan fingerprint density at radius 1 is 1.31 bits per heavy atom. The predicted octanol–water partition coefficient (Wildman–Crippen LogP) is 4.03. The van der Waals surface area contributed by atoms with Gasteiger partial charge in [-0.1, -0.05) is 13.8 Å². The third-order valence-electron chi connectivity index (χ3n) is 5.08. The van der Waals surface area contributed by atoms with Gasteiger partial charge in [0.1, 0.15) is 17.7 Å². The molecule has 1 aromatic carbocycles. The van der Waals surface area contributed by atoms with Crippen molar-refractivity contribution in [1.82, 2.24) is 10.3 Å². The van der Waals surface area contributed by atoms with Crippen LogP contribution >= 0.6 is 0 Å². The van der Waals surface area contributed by atoms with E-state index in [1.54, 1.807) is 13.8 Å². The van der Waals surface area contributed by atoms with Crippen LogP contribution in [0.3, 0.4) is 0 Å². The number of carbonyl (C=O) groups is 1. The largest absolute Gasteiger partial charge is 0.477 e. The van der Waals surface area contributed by atoms with Crippen molar-refractivity contribution in [3.8, 4) is 0 Å². The molecular formula is C21H23F4N5O2. The number of nitrogens with zero attached hydrogens (tertiary/aromatic N) is 2. The molecule has 2 aromatic rings. The minimum absolute atomic E-state index is 0.00676. The molecule has 1 atom stereocenters. The van der Waals surface area contributed by atoms with E-state index in [4.69, 9.17) is 5.41 Å². The highest BCUT2D eigenvalue weighted by Gasteiger charge is 2.42. The lowest BCUT2D eigenvalue weighted by atomic mass is 9.97. The number of carboxylic acids is 1. The number of anilines is 3. The van der Waals surface area contributed by atoms with E-state index >= 15 is 0 Å². The summed E-state index contributed by atoms with van der Waals surface area (Å²) >= 11 is 0. The number of halogens is 4. The number of carboxylic acid groups (broad SMARTS) is 1. The lowest BCUT2D eigenvalue weighted by molar-refractivity contribution is -0.155. The van der Waals surface area contributed by atoms with Crippen LogP contribution in [0.1, 0.15) is 29.9 Å². The Labute approximate surface area is 182 Å². The van der Waals surface area contributed by atoms with Gasteiger partial charge in [0.2, 0.25) is 0 Å². The second-order valence-electron chi connectivity index (χ2n) is 7.75. The topological polar surface area (TPSA) is 101 Å². The van der Waals surface area contributed by atoms with Gasteiger partial charge in [-0.25, -0.2) is 14.2 Å². The van der Waals surface area contributed by atoms with Crippen LogP contribution in [0, 0.1) is 17.1 Å². The molecule has 1 aliphatic rings. The van der Waals surface area contributed by atoms with E-state index in [1.165, 1.54) is 35.2 Å². The first-order chi connectivity index (χ1) is 15.0. The molecule has 0 radical (unpaired) electrons. The zero-order chi connectivity index (χ0) is 23.6. The molecule has 1 saturated heterocycles. The molecule has 1 unspecified atom stereocenters. The fourth-order valence-electron chi connectivity index (χ4n) is 3.39. The molecule has 0 amide bonds. The smallest absolute Gasteiger partial charge is 0.405 e. The number of pyridine rings is 1. The van der Waals surface area contributed by atoms with E-state index in [1.807, 2.05) is 0 Å². The van der Waals surface area contributed by atoms with Gasteiger partial charge in [0.25, 0.3) is 0 Å². The van der Waals surface area contributed by atoms with Crippen LogP contribution in [0.25, 0.3) is 0 Å². The first-order valence-corrected chi connectivity index (χ1v) is 9.92. The molecule has 1 aromatic heterocycles. The maximum absolute atomic E-state index is 13.3. The zero-order valence-corrected chi connectivity index (χ0v) is 17.4. The van der Waals surface area contributed by atoms with Crippen LogP contribution in [-0.4, -0.2) is 53.6 Å². The van der Waals surface area contributed by atoms with E-state index in [2.05, 4.69) is 15.6 Å². The molecule has 11 heteroatoms. The first kappa shape index (κ1) is 23.5. The van der Waals surface area contributed by atoms with Gasteiger partial charge in [-0.05, 0) is 36.2 Å². The lowest BCUT2D eigenvalue weighted by Crippen LogP contribution is -2.57. The van der Waals surface area contributed by atoms with Crippen LogP contribution in [0.2, 0.25) is 0 Å². The number of hydrogen-bond acceptors (Lipinski definition) is 6. The maximum atomic E-state index is 13.3. The third kappa shape index (κ3) is 5.16. The van der Waals surface area contributed by atoms with Gasteiger partial charge in [-0.15, -0.1) is 0 Å². The monoisotopic (exact) mass is 453 g/mol. The van der Waals surface area contributed by atoms with Crippen LogP contribution in [0.4, 0.5) is 34.8 Å². The van der Waals surface area contributed by atoms with E-state index in [-0.39, 0.29) is 47.5 Å². The molecule has 2 heterocycles. The number of alkyl halides is 3. The second kappa shape index (κ2) is 9.11. The van der Waals surface area contributed by atoms with Gasteiger partial charge < -0.3 is 26.0 Å². The average Bonchev–Trinajstić information content (AvgIpc) is 2.73. The number of piperazine rings is 1. The van der Waals surface area contributed by atoms with Crippen LogP contribution in [-0.2, 0) is 0 Å². The molecule has 172 valence electrons. The summed E-state index contributed by atoms with van der Waals surface area (Å²) in [6.07, 6.45) is -4.48. The molecule has 0 aliphatic carbocycles. The summed E-state index contributed by atoms with van der Waals surface area (Å²) in [7, 11) is 0. The van der Waals surface area contributed by atoms with Crippen molar-refractivity contribution in [3.63, 3.8) is 0 Å². The number of benzene rings is 1. The van der Waals surface area contributed by atoms with Crippen molar-refractivity contribution in [3.05, 3.63) is 47.4 Å². The Bertz CT molecular complexity index is 1010. The summed E-state index contributed by atoms with van der Waals surface area (Å²) in [4.78, 5) is 17.2. The summed E-state index contributed by atoms with van der Waals surface area (Å²) in [5.41, 5.74) is 0.468. The molecule has 0 bridgehead atoms. The van der Waals surface area contributed by atoms with Gasteiger partial charge in [0.05, 0.1) is 11.3 Å². The first-order valence-electron chi connectivity index (χ1n) is 9.92.